The Balaban J connectivity index is 2.79. The van der Waals surface area contributed by atoms with Gasteiger partial charge in [-0.3, -0.25) is 4.21 Å². The Morgan fingerprint density at radius 1 is 1.26 bits per heavy atom. The standard InChI is InChI=1S/C13H24N4OS/c1-5-7-14-12-11(6-2)13(17-9-16-12)15-8-10(3)19(4)18/h9-10H,5-8H2,1-4H3,(H2,14,15,16,17). The van der Waals surface area contributed by atoms with E-state index in [9.17, 15) is 4.21 Å². The summed E-state index contributed by atoms with van der Waals surface area (Å²) in [5.74, 6) is 1.74. The second-order valence-corrected chi connectivity index (χ2v) is 6.32. The zero-order chi connectivity index (χ0) is 14.3. The number of rotatable bonds is 8. The Morgan fingerprint density at radius 3 is 2.42 bits per heavy atom. The molecule has 0 aliphatic heterocycles. The number of nitrogens with zero attached hydrogens (tertiary/aromatic N) is 2. The zero-order valence-corrected chi connectivity index (χ0v) is 13.0. The van der Waals surface area contributed by atoms with E-state index in [2.05, 4.69) is 34.4 Å². The third-order valence-corrected chi connectivity index (χ3v) is 4.26. The lowest BCUT2D eigenvalue weighted by molar-refractivity contribution is 0.678. The van der Waals surface area contributed by atoms with Crippen molar-refractivity contribution in [1.29, 1.82) is 0 Å². The Labute approximate surface area is 118 Å². The maximum Gasteiger partial charge on any atom is 0.134 e. The third-order valence-electron chi connectivity index (χ3n) is 2.96. The molecule has 2 atom stereocenters. The average molecular weight is 284 g/mol. The molecule has 0 aliphatic carbocycles. The van der Waals surface area contributed by atoms with E-state index in [0.29, 0.717) is 6.54 Å². The van der Waals surface area contributed by atoms with Crippen LogP contribution in [0.3, 0.4) is 0 Å². The van der Waals surface area contributed by atoms with E-state index in [-0.39, 0.29) is 5.25 Å². The van der Waals surface area contributed by atoms with Crippen molar-refractivity contribution in [1.82, 2.24) is 9.97 Å². The predicted octanol–water partition coefficient (Wildman–Crippen LogP) is 2.04. The predicted molar refractivity (Wildman–Crippen MR) is 82.2 cm³/mol. The van der Waals surface area contributed by atoms with Crippen molar-refractivity contribution in [2.24, 2.45) is 0 Å². The molecule has 1 rings (SSSR count). The Kier molecular flexibility index (Phi) is 6.77. The van der Waals surface area contributed by atoms with E-state index in [1.807, 2.05) is 6.92 Å². The van der Waals surface area contributed by atoms with Crippen LogP contribution in [0.25, 0.3) is 0 Å². The van der Waals surface area contributed by atoms with E-state index in [1.165, 1.54) is 0 Å². The molecular weight excluding hydrogens is 260 g/mol. The Hall–Kier alpha value is -1.17. The third kappa shape index (κ3) is 4.78. The fraction of sp³-hybridized carbons (Fsp3) is 0.692. The van der Waals surface area contributed by atoms with Crippen molar-refractivity contribution in [3.8, 4) is 0 Å². The van der Waals surface area contributed by atoms with Crippen LogP contribution in [-0.2, 0) is 17.2 Å². The van der Waals surface area contributed by atoms with Gasteiger partial charge in [0.25, 0.3) is 0 Å². The number of nitrogens with one attached hydrogen (secondary N) is 2. The molecule has 19 heavy (non-hydrogen) atoms. The summed E-state index contributed by atoms with van der Waals surface area (Å²) >= 11 is 0. The normalized spacial score (nSPS) is 13.9. The van der Waals surface area contributed by atoms with Crippen molar-refractivity contribution in [3.05, 3.63) is 11.9 Å². The van der Waals surface area contributed by atoms with Crippen LogP contribution >= 0.6 is 0 Å². The Bertz CT molecular complexity index is 425. The van der Waals surface area contributed by atoms with Crippen molar-refractivity contribution >= 4 is 22.4 Å². The van der Waals surface area contributed by atoms with E-state index in [1.54, 1.807) is 12.6 Å². The van der Waals surface area contributed by atoms with Gasteiger partial charge in [-0.2, -0.15) is 0 Å². The van der Waals surface area contributed by atoms with E-state index in [4.69, 9.17) is 0 Å². The molecule has 0 amide bonds. The van der Waals surface area contributed by atoms with E-state index >= 15 is 0 Å². The molecule has 2 unspecified atom stereocenters. The quantitative estimate of drug-likeness (QED) is 0.764. The van der Waals surface area contributed by atoms with Crippen LogP contribution in [0.5, 0.6) is 0 Å². The van der Waals surface area contributed by atoms with Crippen LogP contribution in [0, 0.1) is 0 Å². The van der Waals surface area contributed by atoms with Crippen LogP contribution in [0.15, 0.2) is 6.33 Å². The summed E-state index contributed by atoms with van der Waals surface area (Å²) in [7, 11) is -0.824. The highest BCUT2D eigenvalue weighted by Gasteiger charge is 2.11. The Morgan fingerprint density at radius 2 is 1.89 bits per heavy atom. The van der Waals surface area contributed by atoms with Crippen molar-refractivity contribution < 1.29 is 4.21 Å². The molecule has 0 radical (unpaired) electrons. The summed E-state index contributed by atoms with van der Waals surface area (Å²) in [6, 6.07) is 0. The van der Waals surface area contributed by atoms with Crippen molar-refractivity contribution in [2.45, 2.75) is 38.9 Å². The minimum absolute atomic E-state index is 0.103. The van der Waals surface area contributed by atoms with Gasteiger partial charge in [0.2, 0.25) is 0 Å². The van der Waals surface area contributed by atoms with Crippen LogP contribution in [-0.4, -0.2) is 38.8 Å². The highest BCUT2D eigenvalue weighted by Crippen LogP contribution is 2.20. The van der Waals surface area contributed by atoms with Gasteiger partial charge in [-0.25, -0.2) is 9.97 Å². The SMILES string of the molecule is CCCNc1ncnc(NCC(C)S(C)=O)c1CC. The molecular formula is C13H24N4OS. The van der Waals surface area contributed by atoms with E-state index < -0.39 is 10.8 Å². The molecule has 0 aliphatic rings. The number of hydrogen-bond acceptors (Lipinski definition) is 5. The monoisotopic (exact) mass is 284 g/mol. The average Bonchev–Trinajstić information content (AvgIpc) is 2.41. The summed E-state index contributed by atoms with van der Waals surface area (Å²) < 4.78 is 11.4. The molecule has 0 aromatic carbocycles. The van der Waals surface area contributed by atoms with Crippen LogP contribution in [0.1, 0.15) is 32.8 Å². The van der Waals surface area contributed by atoms with Gasteiger partial charge < -0.3 is 10.6 Å². The zero-order valence-electron chi connectivity index (χ0n) is 12.2. The van der Waals surface area contributed by atoms with Gasteiger partial charge in [0.05, 0.1) is 0 Å². The first-order valence-corrected chi connectivity index (χ1v) is 8.36. The molecule has 0 fully saturated rings. The van der Waals surface area contributed by atoms with Crippen LogP contribution in [0.4, 0.5) is 11.6 Å². The lowest BCUT2D eigenvalue weighted by Gasteiger charge is -2.15. The second-order valence-electron chi connectivity index (χ2n) is 4.52. The number of aromatic nitrogens is 2. The van der Waals surface area contributed by atoms with Gasteiger partial charge in [-0.15, -0.1) is 0 Å². The molecule has 108 valence electrons. The molecule has 0 saturated carbocycles. The highest BCUT2D eigenvalue weighted by atomic mass is 32.2. The van der Waals surface area contributed by atoms with Gasteiger partial charge >= 0.3 is 0 Å². The van der Waals surface area contributed by atoms with Gasteiger partial charge in [0, 0.05) is 41.0 Å². The fourth-order valence-corrected chi connectivity index (χ4v) is 1.97. The molecule has 0 bridgehead atoms. The maximum atomic E-state index is 11.4. The van der Waals surface area contributed by atoms with Crippen molar-refractivity contribution in [2.75, 3.05) is 30.0 Å². The fourth-order valence-electron chi connectivity index (χ4n) is 1.65. The van der Waals surface area contributed by atoms with Gasteiger partial charge in [0.15, 0.2) is 0 Å². The molecule has 1 aromatic rings. The second kappa shape index (κ2) is 8.09. The van der Waals surface area contributed by atoms with E-state index in [0.717, 1.165) is 36.6 Å². The van der Waals surface area contributed by atoms with Gasteiger partial charge in [-0.1, -0.05) is 13.8 Å². The molecule has 6 heteroatoms. The number of hydrogen-bond donors (Lipinski definition) is 2. The summed E-state index contributed by atoms with van der Waals surface area (Å²) in [5.41, 5.74) is 1.09. The summed E-state index contributed by atoms with van der Waals surface area (Å²) in [4.78, 5) is 8.58. The largest absolute Gasteiger partial charge is 0.370 e. The molecule has 0 spiro atoms. The maximum absolute atomic E-state index is 11.4. The summed E-state index contributed by atoms with van der Waals surface area (Å²) in [5, 5.41) is 6.69. The number of anilines is 2. The highest BCUT2D eigenvalue weighted by molar-refractivity contribution is 7.84. The topological polar surface area (TPSA) is 66.9 Å². The molecule has 1 heterocycles. The smallest absolute Gasteiger partial charge is 0.134 e. The molecule has 1 aromatic heterocycles. The molecule has 0 saturated heterocycles. The van der Waals surface area contributed by atoms with Crippen LogP contribution in [0.2, 0.25) is 0 Å². The first kappa shape index (κ1) is 15.9. The lowest BCUT2D eigenvalue weighted by Crippen LogP contribution is -2.22. The lowest BCUT2D eigenvalue weighted by atomic mass is 10.2. The molecule has 5 nitrogen and oxygen atoms in total. The first-order chi connectivity index (χ1) is 9.10. The van der Waals surface area contributed by atoms with Crippen molar-refractivity contribution in [3.63, 3.8) is 0 Å². The van der Waals surface area contributed by atoms with Crippen LogP contribution < -0.4 is 10.6 Å². The minimum Gasteiger partial charge on any atom is -0.370 e. The summed E-state index contributed by atoms with van der Waals surface area (Å²) in [6.07, 6.45) is 5.20. The molecule has 2 N–H and O–H groups in total. The minimum atomic E-state index is -0.824. The first-order valence-electron chi connectivity index (χ1n) is 6.73. The van der Waals surface area contributed by atoms with Gasteiger partial charge in [0.1, 0.15) is 18.0 Å². The van der Waals surface area contributed by atoms with Gasteiger partial charge in [-0.05, 0) is 19.8 Å². The summed E-state index contributed by atoms with van der Waals surface area (Å²) in [6.45, 7) is 7.73.